The summed E-state index contributed by atoms with van der Waals surface area (Å²) in [4.78, 5) is 0. The third kappa shape index (κ3) is 1.70. The predicted molar refractivity (Wildman–Crippen MR) is 119 cm³/mol. The van der Waals surface area contributed by atoms with Crippen LogP contribution in [-0.4, -0.2) is 0 Å². The lowest BCUT2D eigenvalue weighted by atomic mass is 9.88. The van der Waals surface area contributed by atoms with Gasteiger partial charge in [0, 0.05) is 0 Å². The van der Waals surface area contributed by atoms with E-state index in [1.165, 1.54) is 65.4 Å². The number of hydrogen-bond donors (Lipinski definition) is 0. The summed E-state index contributed by atoms with van der Waals surface area (Å²) in [5.41, 5.74) is 4.98. The van der Waals surface area contributed by atoms with Gasteiger partial charge in [-0.1, -0.05) is 91.0 Å². The largest absolute Gasteiger partial charge is 0.0610 e. The zero-order chi connectivity index (χ0) is 18.2. The van der Waals surface area contributed by atoms with Crippen molar-refractivity contribution in [1.29, 1.82) is 0 Å². The summed E-state index contributed by atoms with van der Waals surface area (Å²) < 4.78 is 0. The molecule has 6 aromatic carbocycles. The molecule has 0 nitrogen and oxygen atoms in total. The lowest BCUT2D eigenvalue weighted by Crippen LogP contribution is -1.91. The topological polar surface area (TPSA) is 0 Å². The zero-order valence-electron chi connectivity index (χ0n) is 15.2. The molecule has 0 heterocycles. The maximum Gasteiger partial charge on any atom is -0.000719 e. The summed E-state index contributed by atoms with van der Waals surface area (Å²) in [5.74, 6) is 0. The quantitative estimate of drug-likeness (QED) is 0.272. The Morgan fingerprint density at radius 3 is 1.86 bits per heavy atom. The minimum absolute atomic E-state index is 1.20. The molecule has 0 aromatic heterocycles. The van der Waals surface area contributed by atoms with Crippen molar-refractivity contribution in [3.05, 3.63) is 114 Å². The van der Waals surface area contributed by atoms with E-state index in [4.69, 9.17) is 0 Å². The monoisotopic (exact) mass is 351 g/mol. The van der Waals surface area contributed by atoms with Crippen molar-refractivity contribution < 1.29 is 0 Å². The van der Waals surface area contributed by atoms with Crippen LogP contribution in [0.5, 0.6) is 0 Å². The molecule has 1 radical (unpaired) electrons. The molecule has 0 bridgehead atoms. The molecule has 1 aliphatic rings. The predicted octanol–water partition coefficient (Wildman–Crippen LogP) is 7.33. The molecule has 0 amide bonds. The third-order valence-corrected chi connectivity index (χ3v) is 6.23. The molecule has 28 heavy (non-hydrogen) atoms. The van der Waals surface area contributed by atoms with Crippen LogP contribution >= 0.6 is 0 Å². The second-order valence-corrected chi connectivity index (χ2v) is 7.68. The minimum atomic E-state index is 1.20. The summed E-state index contributed by atoms with van der Waals surface area (Å²) in [6.45, 7) is 0. The van der Waals surface area contributed by atoms with Crippen LogP contribution in [0.1, 0.15) is 16.7 Å². The highest BCUT2D eigenvalue weighted by Crippen LogP contribution is 2.43. The van der Waals surface area contributed by atoms with E-state index >= 15 is 0 Å². The number of benzene rings is 6. The molecule has 0 atom stereocenters. The van der Waals surface area contributed by atoms with Crippen molar-refractivity contribution >= 4 is 48.7 Å². The highest BCUT2D eigenvalue weighted by Gasteiger charge is 2.20. The smallest absolute Gasteiger partial charge is 0.000719 e. The van der Waals surface area contributed by atoms with Gasteiger partial charge in [-0.2, -0.15) is 0 Å². The molecule has 0 spiro atoms. The van der Waals surface area contributed by atoms with Gasteiger partial charge in [0.05, 0.1) is 0 Å². The standard InChI is InChI=1S/C28H15/c1-5-18-10-11-20-12-14-22(24-15-13-19(6-1)27(18)28(20)24)25-16-21-8-2-4-17-7-3-9-23(25)26(17)21/h1-15H. The first kappa shape index (κ1) is 14.4. The summed E-state index contributed by atoms with van der Waals surface area (Å²) in [6, 6.07) is 33.2. The molecule has 7 rings (SSSR count). The molecule has 127 valence electrons. The van der Waals surface area contributed by atoms with Crippen molar-refractivity contribution in [1.82, 2.24) is 0 Å². The summed E-state index contributed by atoms with van der Waals surface area (Å²) >= 11 is 0. The van der Waals surface area contributed by atoms with Crippen molar-refractivity contribution in [3.8, 4) is 0 Å². The van der Waals surface area contributed by atoms with Gasteiger partial charge in [0.25, 0.3) is 0 Å². The summed E-state index contributed by atoms with van der Waals surface area (Å²) in [7, 11) is 0. The lowest BCUT2D eigenvalue weighted by Gasteiger charge is -2.15. The zero-order valence-corrected chi connectivity index (χ0v) is 15.2. The second kappa shape index (κ2) is 4.99. The lowest BCUT2D eigenvalue weighted by molar-refractivity contribution is 1.66. The summed E-state index contributed by atoms with van der Waals surface area (Å²) in [6.07, 6.45) is 3.72. The first-order valence-corrected chi connectivity index (χ1v) is 9.71. The molecule has 1 aliphatic carbocycles. The van der Waals surface area contributed by atoms with E-state index in [0.717, 1.165) is 0 Å². The average Bonchev–Trinajstić information content (AvgIpc) is 3.13. The molecular weight excluding hydrogens is 336 g/mol. The molecule has 0 unspecified atom stereocenters. The van der Waals surface area contributed by atoms with Crippen LogP contribution < -0.4 is 0 Å². The third-order valence-electron chi connectivity index (χ3n) is 6.23. The van der Waals surface area contributed by atoms with E-state index < -0.39 is 0 Å². The van der Waals surface area contributed by atoms with Crippen LogP contribution in [0.2, 0.25) is 0 Å². The van der Waals surface area contributed by atoms with Crippen LogP contribution in [0, 0.1) is 6.08 Å². The van der Waals surface area contributed by atoms with E-state index in [2.05, 4.69) is 97.1 Å². The average molecular weight is 351 g/mol. The molecule has 0 aliphatic heterocycles. The maximum absolute atomic E-state index is 3.72. The highest BCUT2D eigenvalue weighted by molar-refractivity contribution is 6.25. The van der Waals surface area contributed by atoms with E-state index in [9.17, 15) is 0 Å². The van der Waals surface area contributed by atoms with Gasteiger partial charge in [0.15, 0.2) is 0 Å². The SMILES string of the molecule is [C]1=C(c2ccc3ccc4cccc5ccc2c3c45)c2cccc3cccc1c23. The summed E-state index contributed by atoms with van der Waals surface area (Å²) in [5, 5.41) is 10.6. The first-order valence-electron chi connectivity index (χ1n) is 9.71. The van der Waals surface area contributed by atoms with Crippen LogP contribution in [0.15, 0.2) is 91.0 Å². The van der Waals surface area contributed by atoms with Crippen molar-refractivity contribution in [2.45, 2.75) is 0 Å². The van der Waals surface area contributed by atoms with E-state index in [0.29, 0.717) is 0 Å². The van der Waals surface area contributed by atoms with Gasteiger partial charge in [-0.15, -0.1) is 0 Å². The Balaban J connectivity index is 1.63. The fourth-order valence-corrected chi connectivity index (χ4v) is 5.02. The Hall–Kier alpha value is -3.64. The Morgan fingerprint density at radius 1 is 0.429 bits per heavy atom. The van der Waals surface area contributed by atoms with Crippen LogP contribution in [0.3, 0.4) is 0 Å². The minimum Gasteiger partial charge on any atom is -0.0610 e. The van der Waals surface area contributed by atoms with Gasteiger partial charge in [-0.3, -0.25) is 0 Å². The van der Waals surface area contributed by atoms with Crippen LogP contribution in [-0.2, 0) is 0 Å². The molecule has 0 heteroatoms. The van der Waals surface area contributed by atoms with Crippen molar-refractivity contribution in [2.24, 2.45) is 0 Å². The Kier molecular flexibility index (Phi) is 2.57. The second-order valence-electron chi connectivity index (χ2n) is 7.68. The number of hydrogen-bond acceptors (Lipinski definition) is 0. The molecule has 0 fully saturated rings. The molecule has 0 N–H and O–H groups in total. The molecule has 0 saturated heterocycles. The van der Waals surface area contributed by atoms with Crippen molar-refractivity contribution in [2.75, 3.05) is 0 Å². The van der Waals surface area contributed by atoms with Gasteiger partial charge < -0.3 is 0 Å². The van der Waals surface area contributed by atoms with Gasteiger partial charge in [0.1, 0.15) is 0 Å². The molecule has 6 aromatic rings. The Labute approximate surface area is 162 Å². The van der Waals surface area contributed by atoms with Gasteiger partial charge in [0.2, 0.25) is 0 Å². The van der Waals surface area contributed by atoms with E-state index in [1.807, 2.05) is 0 Å². The highest BCUT2D eigenvalue weighted by atomic mass is 14.2. The van der Waals surface area contributed by atoms with E-state index in [1.54, 1.807) is 0 Å². The number of rotatable bonds is 1. The van der Waals surface area contributed by atoms with Crippen LogP contribution in [0.4, 0.5) is 0 Å². The van der Waals surface area contributed by atoms with Gasteiger partial charge >= 0.3 is 0 Å². The van der Waals surface area contributed by atoms with Gasteiger partial charge in [-0.05, 0) is 71.4 Å². The van der Waals surface area contributed by atoms with Crippen molar-refractivity contribution in [3.63, 3.8) is 0 Å². The molecule has 0 saturated carbocycles. The van der Waals surface area contributed by atoms with Crippen LogP contribution in [0.25, 0.3) is 48.7 Å². The molecular formula is C28H15. The maximum atomic E-state index is 3.72. The first-order chi connectivity index (χ1) is 13.9. The fraction of sp³-hybridized carbons (Fsp3) is 0. The normalized spacial score (nSPS) is 13.2. The fourth-order valence-electron chi connectivity index (χ4n) is 5.02. The van der Waals surface area contributed by atoms with E-state index in [-0.39, 0.29) is 0 Å². The van der Waals surface area contributed by atoms with Gasteiger partial charge in [-0.25, -0.2) is 0 Å². The Bertz CT molecular complexity index is 1580. The Morgan fingerprint density at radius 2 is 1.04 bits per heavy atom.